The molecule has 2 amide bonds. The number of nitrogens with zero attached hydrogens (tertiary/aromatic N) is 1. The Labute approximate surface area is 123 Å². The van der Waals surface area contributed by atoms with Crippen LogP contribution in [0, 0.1) is 30.6 Å². The third-order valence-electron chi connectivity index (χ3n) is 5.04. The average molecular weight is 283 g/mol. The topological polar surface area (TPSA) is 46.6 Å². The second-order valence-electron chi connectivity index (χ2n) is 6.17. The first-order valence-electron chi connectivity index (χ1n) is 7.40. The van der Waals surface area contributed by atoms with Gasteiger partial charge in [-0.2, -0.15) is 5.06 Å². The number of benzene rings is 1. The molecule has 1 saturated heterocycles. The van der Waals surface area contributed by atoms with E-state index in [1.54, 1.807) is 0 Å². The molecule has 3 aliphatic rings. The molecule has 0 aromatic heterocycles. The smallest absolute Gasteiger partial charge is 0.258 e. The normalized spacial score (nSPS) is 33.1. The predicted molar refractivity (Wildman–Crippen MR) is 75.5 cm³/mol. The van der Waals surface area contributed by atoms with E-state index < -0.39 is 0 Å². The highest BCUT2D eigenvalue weighted by Gasteiger charge is 2.60. The van der Waals surface area contributed by atoms with Gasteiger partial charge in [-0.25, -0.2) is 0 Å². The third-order valence-corrected chi connectivity index (χ3v) is 5.04. The predicted octanol–water partition coefficient (Wildman–Crippen LogP) is 2.23. The molecule has 2 fully saturated rings. The maximum absolute atomic E-state index is 12.4. The summed E-state index contributed by atoms with van der Waals surface area (Å²) < 4.78 is 0. The lowest BCUT2D eigenvalue weighted by molar-refractivity contribution is -0.194. The zero-order valence-electron chi connectivity index (χ0n) is 11.9. The summed E-state index contributed by atoms with van der Waals surface area (Å²) >= 11 is 0. The molecule has 1 aromatic rings. The number of fused-ring (bicyclic) bond motifs is 5. The first kappa shape index (κ1) is 12.8. The number of hydroxylamine groups is 2. The Morgan fingerprint density at radius 2 is 1.71 bits per heavy atom. The van der Waals surface area contributed by atoms with Gasteiger partial charge in [0.05, 0.1) is 11.8 Å². The lowest BCUT2D eigenvalue weighted by Gasteiger charge is -2.17. The van der Waals surface area contributed by atoms with Gasteiger partial charge in [0, 0.05) is 0 Å². The van der Waals surface area contributed by atoms with Gasteiger partial charge in [0.15, 0.2) is 0 Å². The lowest BCUT2D eigenvalue weighted by atomic mass is 9.85. The zero-order valence-corrected chi connectivity index (χ0v) is 11.9. The summed E-state index contributed by atoms with van der Waals surface area (Å²) in [5, 5.41) is 1.02. The maximum atomic E-state index is 12.4. The molecule has 4 heteroatoms. The largest absolute Gasteiger partial charge is 0.272 e. The summed E-state index contributed by atoms with van der Waals surface area (Å²) in [4.78, 5) is 30.4. The van der Waals surface area contributed by atoms with Crippen LogP contribution in [0.1, 0.15) is 17.5 Å². The van der Waals surface area contributed by atoms with Crippen molar-refractivity contribution in [3.8, 4) is 0 Å². The molecule has 4 rings (SSSR count). The molecular formula is C17H17NO3. The van der Waals surface area contributed by atoms with Crippen molar-refractivity contribution in [3.05, 3.63) is 47.5 Å². The van der Waals surface area contributed by atoms with Crippen LogP contribution in [0.2, 0.25) is 0 Å². The van der Waals surface area contributed by atoms with Crippen LogP contribution in [0.25, 0.3) is 0 Å². The van der Waals surface area contributed by atoms with E-state index in [0.717, 1.165) is 22.6 Å². The van der Waals surface area contributed by atoms with E-state index in [4.69, 9.17) is 4.84 Å². The highest BCUT2D eigenvalue weighted by Crippen LogP contribution is 2.52. The fraction of sp³-hybridized carbons (Fsp3) is 0.412. The number of hydrogen-bond donors (Lipinski definition) is 0. The zero-order chi connectivity index (χ0) is 14.6. The number of allylic oxidation sites excluding steroid dienone is 2. The number of carbonyl (C=O) groups is 2. The van der Waals surface area contributed by atoms with Crippen molar-refractivity contribution in [2.75, 3.05) is 0 Å². The van der Waals surface area contributed by atoms with E-state index in [9.17, 15) is 9.59 Å². The first-order valence-corrected chi connectivity index (χ1v) is 7.40. The molecule has 4 nitrogen and oxygen atoms in total. The minimum absolute atomic E-state index is 0.157. The number of rotatable bonds is 3. The Bertz CT molecular complexity index is 621. The van der Waals surface area contributed by atoms with Crippen LogP contribution in [0.5, 0.6) is 0 Å². The third kappa shape index (κ3) is 1.79. The van der Waals surface area contributed by atoms with Gasteiger partial charge in [0.2, 0.25) is 0 Å². The molecule has 4 atom stereocenters. The minimum atomic E-state index is -0.190. The van der Waals surface area contributed by atoms with Gasteiger partial charge in [-0.3, -0.25) is 14.4 Å². The Kier molecular flexibility index (Phi) is 2.76. The summed E-state index contributed by atoms with van der Waals surface area (Å²) in [6.45, 7) is 2.25. The fourth-order valence-electron chi connectivity index (χ4n) is 3.91. The molecule has 2 bridgehead atoms. The lowest BCUT2D eigenvalue weighted by Crippen LogP contribution is -2.33. The number of aryl methyl sites for hydroxylation is 1. The molecule has 0 N–H and O–H groups in total. The average Bonchev–Trinajstić information content (AvgIpc) is 3.14. The standard InChI is InChI=1S/C17H17NO3/c1-10-4-2-3-5-13(10)9-21-18-16(19)14-11-6-7-12(8-11)15(14)17(18)20/h2-7,11-12,14-15H,8-9H2,1H3. The van der Waals surface area contributed by atoms with Crippen LogP contribution in [0.4, 0.5) is 0 Å². The Hall–Kier alpha value is -1.94. The van der Waals surface area contributed by atoms with E-state index in [2.05, 4.69) is 12.2 Å². The molecule has 1 heterocycles. The minimum Gasteiger partial charge on any atom is -0.272 e. The SMILES string of the molecule is Cc1ccccc1CON1C(=O)C2C3C=CC(C3)C2C1=O. The van der Waals surface area contributed by atoms with Crippen LogP contribution in [0.3, 0.4) is 0 Å². The van der Waals surface area contributed by atoms with Crippen molar-refractivity contribution in [1.29, 1.82) is 0 Å². The van der Waals surface area contributed by atoms with Crippen molar-refractivity contribution < 1.29 is 14.4 Å². The van der Waals surface area contributed by atoms with Crippen LogP contribution in [-0.2, 0) is 21.0 Å². The number of amides is 2. The van der Waals surface area contributed by atoms with Gasteiger partial charge < -0.3 is 0 Å². The van der Waals surface area contributed by atoms with Crippen LogP contribution < -0.4 is 0 Å². The van der Waals surface area contributed by atoms with Crippen LogP contribution >= 0.6 is 0 Å². The molecule has 1 aromatic carbocycles. The molecule has 21 heavy (non-hydrogen) atoms. The fourth-order valence-corrected chi connectivity index (χ4v) is 3.91. The van der Waals surface area contributed by atoms with Crippen molar-refractivity contribution in [2.45, 2.75) is 20.0 Å². The summed E-state index contributed by atoms with van der Waals surface area (Å²) in [6.07, 6.45) is 5.11. The maximum Gasteiger partial charge on any atom is 0.258 e. The van der Waals surface area contributed by atoms with Gasteiger partial charge in [0.1, 0.15) is 6.61 Å². The monoisotopic (exact) mass is 283 g/mol. The summed E-state index contributed by atoms with van der Waals surface area (Å²) in [5.74, 6) is -0.244. The van der Waals surface area contributed by atoms with Crippen molar-refractivity contribution in [2.24, 2.45) is 23.7 Å². The van der Waals surface area contributed by atoms with Crippen molar-refractivity contribution >= 4 is 11.8 Å². The Balaban J connectivity index is 1.51. The number of carbonyl (C=O) groups excluding carboxylic acids is 2. The number of hydrogen-bond acceptors (Lipinski definition) is 3. The van der Waals surface area contributed by atoms with Crippen molar-refractivity contribution in [3.63, 3.8) is 0 Å². The summed E-state index contributed by atoms with van der Waals surface area (Å²) in [5.41, 5.74) is 2.09. The summed E-state index contributed by atoms with van der Waals surface area (Å²) in [6, 6.07) is 7.83. The van der Waals surface area contributed by atoms with E-state index in [1.807, 2.05) is 31.2 Å². The summed E-state index contributed by atoms with van der Waals surface area (Å²) in [7, 11) is 0. The van der Waals surface area contributed by atoms with Crippen LogP contribution in [-0.4, -0.2) is 16.9 Å². The van der Waals surface area contributed by atoms with Crippen LogP contribution in [0.15, 0.2) is 36.4 Å². The van der Waals surface area contributed by atoms with Gasteiger partial charge >= 0.3 is 0 Å². The van der Waals surface area contributed by atoms with Crippen molar-refractivity contribution in [1.82, 2.24) is 5.06 Å². The Morgan fingerprint density at radius 3 is 2.33 bits per heavy atom. The molecule has 2 aliphatic carbocycles. The van der Waals surface area contributed by atoms with E-state index >= 15 is 0 Å². The van der Waals surface area contributed by atoms with Gasteiger partial charge in [-0.05, 0) is 36.3 Å². The molecule has 0 spiro atoms. The molecule has 108 valence electrons. The highest BCUT2D eigenvalue weighted by molar-refractivity contribution is 6.05. The number of imide groups is 1. The van der Waals surface area contributed by atoms with Gasteiger partial charge in [0.25, 0.3) is 11.8 Å². The first-order chi connectivity index (χ1) is 10.2. The quantitative estimate of drug-likeness (QED) is 0.631. The molecule has 4 unspecified atom stereocenters. The van der Waals surface area contributed by atoms with Gasteiger partial charge in [-0.15, -0.1) is 0 Å². The molecule has 1 aliphatic heterocycles. The Morgan fingerprint density at radius 1 is 1.10 bits per heavy atom. The highest BCUT2D eigenvalue weighted by atomic mass is 16.7. The second kappa shape index (κ2) is 4.53. The second-order valence-corrected chi connectivity index (χ2v) is 6.17. The van der Waals surface area contributed by atoms with E-state index in [1.165, 1.54) is 0 Å². The van der Waals surface area contributed by atoms with Gasteiger partial charge in [-0.1, -0.05) is 36.4 Å². The van der Waals surface area contributed by atoms with E-state index in [0.29, 0.717) is 0 Å². The molecular weight excluding hydrogens is 266 g/mol. The van der Waals surface area contributed by atoms with E-state index in [-0.39, 0.29) is 42.1 Å². The molecule has 0 radical (unpaired) electrons. The molecule has 1 saturated carbocycles.